The second kappa shape index (κ2) is 7.67. The molecule has 6 nitrogen and oxygen atoms in total. The molecule has 1 aliphatic rings. The molecule has 1 saturated heterocycles. The van der Waals surface area contributed by atoms with Crippen LogP contribution in [0.2, 0.25) is 0 Å². The van der Waals surface area contributed by atoms with Gasteiger partial charge in [-0.05, 0) is 42.5 Å². The van der Waals surface area contributed by atoms with Crippen molar-refractivity contribution in [3.05, 3.63) is 48.2 Å². The highest BCUT2D eigenvalue weighted by Gasteiger charge is 2.22. The van der Waals surface area contributed by atoms with E-state index in [1.54, 1.807) is 18.3 Å². The molecule has 1 aromatic carbocycles. The van der Waals surface area contributed by atoms with Crippen LogP contribution < -0.4 is 4.74 Å². The van der Waals surface area contributed by atoms with Gasteiger partial charge in [-0.2, -0.15) is 5.26 Å². The van der Waals surface area contributed by atoms with Gasteiger partial charge in [0, 0.05) is 30.9 Å². The molecule has 0 aliphatic carbocycles. The topological polar surface area (TPSA) is 86.5 Å². The van der Waals surface area contributed by atoms with Gasteiger partial charge < -0.3 is 14.7 Å². The van der Waals surface area contributed by atoms with Gasteiger partial charge in [0.25, 0.3) is 0 Å². The maximum atomic E-state index is 10.9. The smallest absolute Gasteiger partial charge is 0.407 e. The number of ether oxygens (including phenoxy) is 1. The maximum absolute atomic E-state index is 10.9. The van der Waals surface area contributed by atoms with Gasteiger partial charge in [0.1, 0.15) is 0 Å². The number of likely N-dealkylation sites (tertiary alicyclic amines) is 1. The summed E-state index contributed by atoms with van der Waals surface area (Å²) in [7, 11) is 0. The van der Waals surface area contributed by atoms with Crippen LogP contribution in [0.3, 0.4) is 0 Å². The quantitative estimate of drug-likeness (QED) is 0.924. The zero-order valence-electron chi connectivity index (χ0n) is 13.8. The van der Waals surface area contributed by atoms with Crippen LogP contribution in [0, 0.1) is 17.2 Å². The number of pyridine rings is 1. The number of rotatable bonds is 4. The molecule has 25 heavy (non-hydrogen) atoms. The first kappa shape index (κ1) is 16.8. The molecule has 128 valence electrons. The number of piperidine rings is 1. The number of carboxylic acid groups (broad SMARTS) is 1. The van der Waals surface area contributed by atoms with Crippen molar-refractivity contribution < 1.29 is 14.6 Å². The molecule has 1 aliphatic heterocycles. The minimum absolute atomic E-state index is 0.357. The van der Waals surface area contributed by atoms with E-state index in [0.717, 1.165) is 24.0 Å². The Morgan fingerprint density at radius 1 is 1.20 bits per heavy atom. The van der Waals surface area contributed by atoms with Crippen molar-refractivity contribution in [2.75, 3.05) is 19.7 Å². The average molecular weight is 337 g/mol. The molecule has 0 saturated carbocycles. The molecule has 1 fully saturated rings. The van der Waals surface area contributed by atoms with Crippen molar-refractivity contribution in [1.82, 2.24) is 9.88 Å². The molecular weight excluding hydrogens is 318 g/mol. The molecule has 0 atom stereocenters. The first-order chi connectivity index (χ1) is 12.2. The lowest BCUT2D eigenvalue weighted by molar-refractivity contribution is 0.111. The molecule has 0 radical (unpaired) electrons. The lowest BCUT2D eigenvalue weighted by Gasteiger charge is -2.29. The standard InChI is InChI=1S/C19H19N3O3/c20-11-14-1-3-16(4-2-14)17-5-6-18(21-12-17)25-13-15-7-9-22(10-8-15)19(23)24/h1-6,12,15H,7-10,13H2,(H,23,24). The third-order valence-corrected chi connectivity index (χ3v) is 4.44. The van der Waals surface area contributed by atoms with Crippen molar-refractivity contribution in [1.29, 1.82) is 5.26 Å². The van der Waals surface area contributed by atoms with Crippen LogP contribution in [-0.4, -0.2) is 40.8 Å². The van der Waals surface area contributed by atoms with E-state index in [2.05, 4.69) is 11.1 Å². The van der Waals surface area contributed by atoms with Crippen LogP contribution >= 0.6 is 0 Å². The van der Waals surface area contributed by atoms with Crippen molar-refractivity contribution in [3.63, 3.8) is 0 Å². The fourth-order valence-corrected chi connectivity index (χ4v) is 2.87. The zero-order valence-corrected chi connectivity index (χ0v) is 13.8. The van der Waals surface area contributed by atoms with Crippen LogP contribution in [0.5, 0.6) is 5.88 Å². The average Bonchev–Trinajstić information content (AvgIpc) is 2.67. The van der Waals surface area contributed by atoms with Crippen molar-refractivity contribution in [3.8, 4) is 23.1 Å². The summed E-state index contributed by atoms with van der Waals surface area (Å²) in [5.74, 6) is 0.925. The van der Waals surface area contributed by atoms with Gasteiger partial charge in [-0.15, -0.1) is 0 Å². The minimum atomic E-state index is -0.848. The van der Waals surface area contributed by atoms with Crippen LogP contribution in [0.1, 0.15) is 18.4 Å². The number of benzene rings is 1. The third kappa shape index (κ3) is 4.27. The van der Waals surface area contributed by atoms with Crippen molar-refractivity contribution in [2.24, 2.45) is 5.92 Å². The summed E-state index contributed by atoms with van der Waals surface area (Å²) < 4.78 is 5.75. The lowest BCUT2D eigenvalue weighted by atomic mass is 9.98. The second-order valence-electron chi connectivity index (χ2n) is 6.10. The summed E-state index contributed by atoms with van der Waals surface area (Å²) in [4.78, 5) is 16.7. The van der Waals surface area contributed by atoms with E-state index < -0.39 is 6.09 Å². The van der Waals surface area contributed by atoms with Crippen LogP contribution in [0.15, 0.2) is 42.6 Å². The van der Waals surface area contributed by atoms with E-state index in [-0.39, 0.29) is 0 Å². The van der Waals surface area contributed by atoms with Crippen molar-refractivity contribution >= 4 is 6.09 Å². The number of nitrogens with zero attached hydrogens (tertiary/aromatic N) is 3. The molecule has 1 amide bonds. The van der Waals surface area contributed by atoms with E-state index in [0.29, 0.717) is 37.1 Å². The Bertz CT molecular complexity index is 758. The SMILES string of the molecule is N#Cc1ccc(-c2ccc(OCC3CCN(C(=O)O)CC3)nc2)cc1. The fourth-order valence-electron chi connectivity index (χ4n) is 2.87. The highest BCUT2D eigenvalue weighted by molar-refractivity contribution is 5.65. The van der Waals surface area contributed by atoms with Gasteiger partial charge in [0.15, 0.2) is 0 Å². The largest absolute Gasteiger partial charge is 0.477 e. The van der Waals surface area contributed by atoms with Gasteiger partial charge in [-0.25, -0.2) is 9.78 Å². The Morgan fingerprint density at radius 2 is 1.88 bits per heavy atom. The molecule has 0 spiro atoms. The fraction of sp³-hybridized carbons (Fsp3) is 0.316. The summed E-state index contributed by atoms with van der Waals surface area (Å²) in [5.41, 5.74) is 2.59. The minimum Gasteiger partial charge on any atom is -0.477 e. The Morgan fingerprint density at radius 3 is 2.44 bits per heavy atom. The molecule has 3 rings (SSSR count). The summed E-state index contributed by atoms with van der Waals surface area (Å²) >= 11 is 0. The van der Waals surface area contributed by atoms with Crippen LogP contribution in [-0.2, 0) is 0 Å². The molecule has 2 aromatic rings. The second-order valence-corrected chi connectivity index (χ2v) is 6.10. The number of hydrogen-bond donors (Lipinski definition) is 1. The number of carbonyl (C=O) groups is 1. The normalized spacial score (nSPS) is 14.8. The van der Waals surface area contributed by atoms with E-state index in [9.17, 15) is 4.79 Å². The molecule has 1 aromatic heterocycles. The van der Waals surface area contributed by atoms with Crippen LogP contribution in [0.4, 0.5) is 4.79 Å². The van der Waals surface area contributed by atoms with Gasteiger partial charge >= 0.3 is 6.09 Å². The van der Waals surface area contributed by atoms with E-state index in [1.807, 2.05) is 24.3 Å². The maximum Gasteiger partial charge on any atom is 0.407 e. The summed E-state index contributed by atoms with van der Waals surface area (Å²) in [6.07, 6.45) is 2.54. The first-order valence-electron chi connectivity index (χ1n) is 8.23. The summed E-state index contributed by atoms with van der Waals surface area (Å²) in [6, 6.07) is 13.2. The number of aromatic nitrogens is 1. The zero-order chi connectivity index (χ0) is 17.6. The molecule has 1 N–H and O–H groups in total. The molecule has 2 heterocycles. The van der Waals surface area contributed by atoms with Crippen LogP contribution in [0.25, 0.3) is 11.1 Å². The molecule has 0 bridgehead atoms. The Hall–Kier alpha value is -3.07. The predicted molar refractivity (Wildman–Crippen MR) is 92.2 cm³/mol. The highest BCUT2D eigenvalue weighted by Crippen LogP contribution is 2.22. The molecule has 6 heteroatoms. The third-order valence-electron chi connectivity index (χ3n) is 4.44. The lowest BCUT2D eigenvalue weighted by Crippen LogP contribution is -2.38. The van der Waals surface area contributed by atoms with E-state index >= 15 is 0 Å². The first-order valence-corrected chi connectivity index (χ1v) is 8.23. The van der Waals surface area contributed by atoms with Gasteiger partial charge in [0.2, 0.25) is 5.88 Å². The molecular formula is C19H19N3O3. The number of hydrogen-bond acceptors (Lipinski definition) is 4. The Labute approximate surface area is 146 Å². The van der Waals surface area contributed by atoms with Gasteiger partial charge in [0.05, 0.1) is 18.2 Å². The summed E-state index contributed by atoms with van der Waals surface area (Å²) in [5, 5.41) is 17.8. The summed E-state index contributed by atoms with van der Waals surface area (Å²) in [6.45, 7) is 1.68. The van der Waals surface area contributed by atoms with Crippen molar-refractivity contribution in [2.45, 2.75) is 12.8 Å². The highest BCUT2D eigenvalue weighted by atomic mass is 16.5. The van der Waals surface area contributed by atoms with Gasteiger partial charge in [-0.3, -0.25) is 0 Å². The van der Waals surface area contributed by atoms with Gasteiger partial charge in [-0.1, -0.05) is 12.1 Å². The predicted octanol–water partition coefficient (Wildman–Crippen LogP) is 3.39. The van der Waals surface area contributed by atoms with E-state index in [4.69, 9.17) is 15.1 Å². The Kier molecular flexibility index (Phi) is 5.14. The van der Waals surface area contributed by atoms with E-state index in [1.165, 1.54) is 4.90 Å². The monoisotopic (exact) mass is 337 g/mol. The number of amides is 1. The molecule has 0 unspecified atom stereocenters. The number of nitriles is 1. The Balaban J connectivity index is 1.53.